The molecule has 8 heteroatoms. The lowest BCUT2D eigenvalue weighted by atomic mass is 10.1. The quantitative estimate of drug-likeness (QED) is 0.454. The Balaban J connectivity index is 1.64. The summed E-state index contributed by atoms with van der Waals surface area (Å²) in [7, 11) is 1.33. The van der Waals surface area contributed by atoms with E-state index in [2.05, 4.69) is 0 Å². The number of amides is 2. The first-order valence-electron chi connectivity index (χ1n) is 9.11. The van der Waals surface area contributed by atoms with Gasteiger partial charge >= 0.3 is 5.97 Å². The van der Waals surface area contributed by atoms with E-state index in [9.17, 15) is 18.8 Å². The van der Waals surface area contributed by atoms with E-state index in [1.54, 1.807) is 29.0 Å². The van der Waals surface area contributed by atoms with Crippen LogP contribution in [0.25, 0.3) is 17.0 Å². The third-order valence-electron chi connectivity index (χ3n) is 4.76. The third kappa shape index (κ3) is 3.86. The summed E-state index contributed by atoms with van der Waals surface area (Å²) >= 11 is 0.859. The van der Waals surface area contributed by atoms with Crippen LogP contribution in [0.15, 0.2) is 59.6 Å². The number of carbonyl (C=O) groups excluding carboxylic acids is 3. The van der Waals surface area contributed by atoms with Gasteiger partial charge in [0, 0.05) is 22.7 Å². The van der Waals surface area contributed by atoms with Crippen LogP contribution >= 0.6 is 11.8 Å². The Morgan fingerprint density at radius 1 is 1.13 bits per heavy atom. The highest BCUT2D eigenvalue weighted by Crippen LogP contribution is 2.35. The maximum atomic E-state index is 13.1. The molecular weight excluding hydrogens is 407 g/mol. The predicted octanol–water partition coefficient (Wildman–Crippen LogP) is 4.19. The van der Waals surface area contributed by atoms with Crippen molar-refractivity contribution in [3.05, 3.63) is 76.6 Å². The van der Waals surface area contributed by atoms with Gasteiger partial charge in [-0.25, -0.2) is 4.39 Å². The number of aromatic nitrogens is 1. The number of nitrogens with zero attached hydrogens (tertiary/aromatic N) is 2. The van der Waals surface area contributed by atoms with Crippen molar-refractivity contribution in [2.75, 3.05) is 7.11 Å². The zero-order chi connectivity index (χ0) is 21.3. The first-order chi connectivity index (χ1) is 14.5. The minimum absolute atomic E-state index is 0.0386. The molecule has 0 bridgehead atoms. The van der Waals surface area contributed by atoms with Gasteiger partial charge < -0.3 is 9.30 Å². The fourth-order valence-corrected chi connectivity index (χ4v) is 4.10. The number of thioether (sulfide) groups is 1. The van der Waals surface area contributed by atoms with Crippen molar-refractivity contribution in [2.45, 2.75) is 13.1 Å². The Hall–Kier alpha value is -3.39. The minimum Gasteiger partial charge on any atom is -0.468 e. The lowest BCUT2D eigenvalue weighted by molar-refractivity contribution is -0.141. The summed E-state index contributed by atoms with van der Waals surface area (Å²) in [4.78, 5) is 38.4. The van der Waals surface area contributed by atoms with E-state index in [1.165, 1.54) is 19.2 Å². The molecular formula is C22H17FN2O4S. The van der Waals surface area contributed by atoms with Gasteiger partial charge in [0.2, 0.25) is 0 Å². The van der Waals surface area contributed by atoms with Crippen molar-refractivity contribution in [1.29, 1.82) is 0 Å². The van der Waals surface area contributed by atoms with Crippen molar-refractivity contribution < 1.29 is 23.5 Å². The molecule has 0 N–H and O–H groups in total. The number of carbonyl (C=O) groups is 3. The molecule has 1 saturated heterocycles. The normalized spacial score (nSPS) is 15.4. The second kappa shape index (κ2) is 8.16. The van der Waals surface area contributed by atoms with Gasteiger partial charge in [0.05, 0.1) is 18.6 Å². The number of hydrogen-bond donors (Lipinski definition) is 0. The molecule has 0 radical (unpaired) electrons. The molecule has 0 atom stereocenters. The first-order valence-corrected chi connectivity index (χ1v) is 9.92. The number of para-hydroxylation sites is 1. The number of halogens is 1. The Morgan fingerprint density at radius 2 is 1.87 bits per heavy atom. The van der Waals surface area contributed by atoms with Crippen LogP contribution in [-0.2, 0) is 27.4 Å². The maximum absolute atomic E-state index is 13.1. The third-order valence-corrected chi connectivity index (χ3v) is 5.67. The Bertz CT molecular complexity index is 1180. The molecule has 0 saturated carbocycles. The van der Waals surface area contributed by atoms with Crippen LogP contribution in [0.3, 0.4) is 0 Å². The predicted molar refractivity (Wildman–Crippen MR) is 112 cm³/mol. The summed E-state index contributed by atoms with van der Waals surface area (Å²) in [6, 6.07) is 13.2. The van der Waals surface area contributed by atoms with E-state index in [-0.39, 0.29) is 30.1 Å². The summed E-state index contributed by atoms with van der Waals surface area (Å²) in [5, 5.41) is 0.473. The van der Waals surface area contributed by atoms with E-state index >= 15 is 0 Å². The Morgan fingerprint density at radius 3 is 2.60 bits per heavy atom. The van der Waals surface area contributed by atoms with Crippen LogP contribution in [0.1, 0.15) is 11.1 Å². The fourth-order valence-electron chi connectivity index (χ4n) is 3.27. The minimum atomic E-state index is -0.404. The molecule has 3 aromatic rings. The highest BCUT2D eigenvalue weighted by Gasteiger charge is 2.35. The Kier molecular flexibility index (Phi) is 5.41. The van der Waals surface area contributed by atoms with Crippen molar-refractivity contribution >= 4 is 45.9 Å². The van der Waals surface area contributed by atoms with Crippen molar-refractivity contribution in [1.82, 2.24) is 9.47 Å². The molecule has 2 amide bonds. The van der Waals surface area contributed by atoms with E-state index in [4.69, 9.17) is 4.74 Å². The van der Waals surface area contributed by atoms with Gasteiger partial charge in [0.15, 0.2) is 0 Å². The first kappa shape index (κ1) is 19.9. The largest absolute Gasteiger partial charge is 0.468 e. The maximum Gasteiger partial charge on any atom is 0.325 e. The number of ether oxygens (including phenoxy) is 1. The van der Waals surface area contributed by atoms with Crippen LogP contribution in [-0.4, -0.2) is 33.7 Å². The lowest BCUT2D eigenvalue weighted by Gasteiger charge is -2.12. The molecule has 6 nitrogen and oxygen atoms in total. The van der Waals surface area contributed by atoms with Gasteiger partial charge in [-0.3, -0.25) is 19.3 Å². The van der Waals surface area contributed by atoms with Crippen LogP contribution < -0.4 is 0 Å². The summed E-state index contributed by atoms with van der Waals surface area (Å²) in [5.74, 6) is -1.17. The SMILES string of the molecule is COC(=O)Cn1cc(/C=C2\SC(=O)N(Cc3ccc(F)cc3)C2=O)c2ccccc21. The van der Waals surface area contributed by atoms with Gasteiger partial charge in [-0.15, -0.1) is 0 Å². The monoisotopic (exact) mass is 424 g/mol. The van der Waals surface area contributed by atoms with E-state index in [0.717, 1.165) is 33.1 Å². The van der Waals surface area contributed by atoms with Gasteiger partial charge in [-0.05, 0) is 41.6 Å². The average Bonchev–Trinajstić information content (AvgIpc) is 3.22. The number of hydrogen-bond acceptors (Lipinski definition) is 5. The molecule has 1 aromatic heterocycles. The molecule has 1 aliphatic rings. The molecule has 4 rings (SSSR count). The number of methoxy groups -OCH3 is 1. The number of benzene rings is 2. The highest BCUT2D eigenvalue weighted by atomic mass is 32.2. The summed E-state index contributed by atoms with van der Waals surface area (Å²) in [5.41, 5.74) is 2.20. The second-order valence-corrected chi connectivity index (χ2v) is 7.69. The topological polar surface area (TPSA) is 68.6 Å². The van der Waals surface area contributed by atoms with E-state index in [1.807, 2.05) is 24.3 Å². The summed E-state index contributed by atoms with van der Waals surface area (Å²) in [6.45, 7) is 0.114. The summed E-state index contributed by atoms with van der Waals surface area (Å²) in [6.07, 6.45) is 3.42. The van der Waals surface area contributed by atoms with E-state index in [0.29, 0.717) is 10.5 Å². The molecule has 1 fully saturated rings. The van der Waals surface area contributed by atoms with Crippen LogP contribution in [0.2, 0.25) is 0 Å². The smallest absolute Gasteiger partial charge is 0.325 e. The highest BCUT2D eigenvalue weighted by molar-refractivity contribution is 8.18. The summed E-state index contributed by atoms with van der Waals surface area (Å²) < 4.78 is 19.6. The Labute approximate surface area is 175 Å². The van der Waals surface area contributed by atoms with Gasteiger partial charge in [-0.1, -0.05) is 30.3 Å². The molecule has 30 heavy (non-hydrogen) atoms. The zero-order valence-corrected chi connectivity index (χ0v) is 16.8. The van der Waals surface area contributed by atoms with Gasteiger partial charge in [0.25, 0.3) is 11.1 Å². The average molecular weight is 424 g/mol. The van der Waals surface area contributed by atoms with Crippen LogP contribution in [0, 0.1) is 5.82 Å². The van der Waals surface area contributed by atoms with Crippen LogP contribution in [0.4, 0.5) is 9.18 Å². The molecule has 0 unspecified atom stereocenters. The molecule has 0 aliphatic carbocycles. The van der Waals surface area contributed by atoms with E-state index < -0.39 is 5.91 Å². The second-order valence-electron chi connectivity index (χ2n) is 6.70. The molecule has 0 spiro atoms. The number of imide groups is 1. The molecule has 152 valence electrons. The number of fused-ring (bicyclic) bond motifs is 1. The van der Waals surface area contributed by atoms with Crippen LogP contribution in [0.5, 0.6) is 0 Å². The number of rotatable bonds is 5. The lowest BCUT2D eigenvalue weighted by Crippen LogP contribution is -2.27. The standard InChI is InChI=1S/C22H17FN2O4S/c1-29-20(26)13-24-12-15(17-4-2-3-5-18(17)24)10-19-21(27)25(22(28)30-19)11-14-6-8-16(23)9-7-14/h2-10,12H,11,13H2,1H3/b19-10-. The molecule has 2 heterocycles. The zero-order valence-electron chi connectivity index (χ0n) is 16.0. The molecule has 2 aromatic carbocycles. The van der Waals surface area contributed by atoms with Gasteiger partial charge in [0.1, 0.15) is 12.4 Å². The molecule has 1 aliphatic heterocycles. The van der Waals surface area contributed by atoms with Crippen molar-refractivity contribution in [2.24, 2.45) is 0 Å². The van der Waals surface area contributed by atoms with Gasteiger partial charge in [-0.2, -0.15) is 0 Å². The van der Waals surface area contributed by atoms with Crippen molar-refractivity contribution in [3.8, 4) is 0 Å². The fraction of sp³-hybridized carbons (Fsp3) is 0.136. The van der Waals surface area contributed by atoms with Crippen molar-refractivity contribution in [3.63, 3.8) is 0 Å². The number of esters is 1.